The molecule has 0 aliphatic rings. The average Bonchev–Trinajstić information content (AvgIpc) is 2.32. The normalized spacial score (nSPS) is 13.8. The quantitative estimate of drug-likeness (QED) is 0.540. The zero-order valence-corrected chi connectivity index (χ0v) is 15.0. The Labute approximate surface area is 133 Å². The van der Waals surface area contributed by atoms with Crippen molar-refractivity contribution in [3.05, 3.63) is 0 Å². The number of halogens is 2. The second-order valence-electron chi connectivity index (χ2n) is 6.64. The van der Waals surface area contributed by atoms with Gasteiger partial charge in [0.05, 0.1) is 19.0 Å². The summed E-state index contributed by atoms with van der Waals surface area (Å²) in [6.07, 6.45) is 0.698. The molecule has 0 spiro atoms. The summed E-state index contributed by atoms with van der Waals surface area (Å²) in [5.41, 5.74) is 0.00160. The molecule has 0 unspecified atom stereocenters. The van der Waals surface area contributed by atoms with E-state index in [-0.39, 0.29) is 30.9 Å². The van der Waals surface area contributed by atoms with E-state index in [1.165, 1.54) is 11.4 Å². The molecule has 0 aromatic heterocycles. The van der Waals surface area contributed by atoms with Crippen LogP contribution in [0.15, 0.2) is 0 Å². The summed E-state index contributed by atoms with van der Waals surface area (Å²) in [4.78, 5) is 0. The van der Waals surface area contributed by atoms with Crippen LogP contribution in [-0.4, -0.2) is 64.4 Å². The lowest BCUT2D eigenvalue weighted by molar-refractivity contribution is -0.0591. The number of methoxy groups -OCH3 is 1. The minimum atomic E-state index is -3.55. The van der Waals surface area contributed by atoms with Gasteiger partial charge < -0.3 is 9.47 Å². The molecule has 0 aromatic rings. The maximum atomic E-state index is 12.6. The summed E-state index contributed by atoms with van der Waals surface area (Å²) in [6, 6.07) is 0. The highest BCUT2D eigenvalue weighted by molar-refractivity contribution is 7.89. The smallest absolute Gasteiger partial charge is 0.268 e. The summed E-state index contributed by atoms with van der Waals surface area (Å²) >= 11 is 0. The molecule has 5 nitrogen and oxygen atoms in total. The van der Waals surface area contributed by atoms with Crippen molar-refractivity contribution in [2.75, 3.05) is 45.8 Å². The minimum absolute atomic E-state index is 0.00160. The third-order valence-corrected chi connectivity index (χ3v) is 4.73. The van der Waals surface area contributed by atoms with Crippen molar-refractivity contribution in [2.24, 2.45) is 5.41 Å². The van der Waals surface area contributed by atoms with Crippen LogP contribution >= 0.6 is 0 Å². The Kier molecular flexibility index (Phi) is 8.97. The molecule has 0 heterocycles. The van der Waals surface area contributed by atoms with Crippen LogP contribution < -0.4 is 0 Å². The van der Waals surface area contributed by atoms with E-state index >= 15 is 0 Å². The van der Waals surface area contributed by atoms with E-state index in [0.717, 1.165) is 6.92 Å². The first kappa shape index (κ1) is 21.7. The minimum Gasteiger partial charge on any atom is -0.383 e. The monoisotopic (exact) mass is 345 g/mol. The number of hydrogen-bond acceptors (Lipinski definition) is 4. The predicted molar refractivity (Wildman–Crippen MR) is 82.7 cm³/mol. The fourth-order valence-electron chi connectivity index (χ4n) is 1.59. The lowest BCUT2D eigenvalue weighted by Crippen LogP contribution is -2.39. The van der Waals surface area contributed by atoms with E-state index in [0.29, 0.717) is 13.0 Å². The molecule has 0 fully saturated rings. The molecular formula is C14H29F2NO4S. The molecule has 0 N–H and O–H groups in total. The summed E-state index contributed by atoms with van der Waals surface area (Å²) in [5.74, 6) is -3.26. The van der Waals surface area contributed by atoms with E-state index in [1.807, 2.05) is 20.8 Å². The molecule has 0 aromatic carbocycles. The van der Waals surface area contributed by atoms with Crippen molar-refractivity contribution in [2.45, 2.75) is 40.0 Å². The van der Waals surface area contributed by atoms with E-state index in [1.54, 1.807) is 0 Å². The van der Waals surface area contributed by atoms with Gasteiger partial charge in [0.1, 0.15) is 6.61 Å². The summed E-state index contributed by atoms with van der Waals surface area (Å²) in [7, 11) is -2.05. The maximum absolute atomic E-state index is 12.6. The lowest BCUT2D eigenvalue weighted by Gasteiger charge is -2.26. The lowest BCUT2D eigenvalue weighted by atomic mass is 9.92. The predicted octanol–water partition coefficient (Wildman–Crippen LogP) is 2.37. The molecule has 22 heavy (non-hydrogen) atoms. The molecule has 0 aliphatic carbocycles. The van der Waals surface area contributed by atoms with Gasteiger partial charge in [0.25, 0.3) is 5.92 Å². The Morgan fingerprint density at radius 2 is 1.64 bits per heavy atom. The van der Waals surface area contributed by atoms with Crippen molar-refractivity contribution in [3.8, 4) is 0 Å². The van der Waals surface area contributed by atoms with Crippen molar-refractivity contribution in [1.29, 1.82) is 0 Å². The fourth-order valence-corrected chi connectivity index (χ4v) is 2.90. The number of hydrogen-bond donors (Lipinski definition) is 0. The fraction of sp³-hybridized carbons (Fsp3) is 1.00. The first-order valence-corrected chi connectivity index (χ1v) is 8.91. The van der Waals surface area contributed by atoms with Gasteiger partial charge in [-0.2, -0.15) is 4.31 Å². The van der Waals surface area contributed by atoms with Crippen LogP contribution in [0.4, 0.5) is 8.78 Å². The Hall–Kier alpha value is -0.310. The highest BCUT2D eigenvalue weighted by atomic mass is 32.2. The van der Waals surface area contributed by atoms with Crippen LogP contribution in [0.5, 0.6) is 0 Å². The van der Waals surface area contributed by atoms with Crippen molar-refractivity contribution in [1.82, 2.24) is 4.31 Å². The molecule has 134 valence electrons. The number of alkyl halides is 2. The summed E-state index contributed by atoms with van der Waals surface area (Å²) in [6.45, 7) is 6.71. The van der Waals surface area contributed by atoms with Crippen LogP contribution in [0.25, 0.3) is 0 Å². The molecular weight excluding hydrogens is 316 g/mol. The van der Waals surface area contributed by atoms with Gasteiger partial charge in [0.15, 0.2) is 0 Å². The standard InChI is InChI=1S/C14H29F2NO4S/c1-13(2,3)6-7-17(8-9-20-5)22(18,19)11-10-21-12-14(4,15)16/h6-12H2,1-5H3. The van der Waals surface area contributed by atoms with Gasteiger partial charge in [-0.15, -0.1) is 0 Å². The first-order valence-electron chi connectivity index (χ1n) is 7.30. The van der Waals surface area contributed by atoms with Gasteiger partial charge in [-0.1, -0.05) is 20.8 Å². The third kappa shape index (κ3) is 11.3. The molecule has 0 atom stereocenters. The van der Waals surface area contributed by atoms with E-state index in [9.17, 15) is 17.2 Å². The van der Waals surface area contributed by atoms with Crippen LogP contribution in [0, 0.1) is 5.41 Å². The number of rotatable bonds is 11. The topological polar surface area (TPSA) is 55.8 Å². The number of nitrogens with zero attached hydrogens (tertiary/aromatic N) is 1. The van der Waals surface area contributed by atoms with Gasteiger partial charge in [-0.05, 0) is 11.8 Å². The highest BCUT2D eigenvalue weighted by Gasteiger charge is 2.25. The Bertz CT molecular complexity index is 402. The van der Waals surface area contributed by atoms with Crippen molar-refractivity contribution >= 4 is 10.0 Å². The average molecular weight is 345 g/mol. The molecule has 0 saturated heterocycles. The molecule has 0 rings (SSSR count). The largest absolute Gasteiger partial charge is 0.383 e. The summed E-state index contributed by atoms with van der Waals surface area (Å²) in [5, 5.41) is 0. The Morgan fingerprint density at radius 1 is 1.05 bits per heavy atom. The maximum Gasteiger partial charge on any atom is 0.268 e. The summed E-state index contributed by atoms with van der Waals surface area (Å²) < 4.78 is 60.8. The van der Waals surface area contributed by atoms with Gasteiger partial charge in [-0.3, -0.25) is 0 Å². The van der Waals surface area contributed by atoms with Crippen LogP contribution in [0.2, 0.25) is 0 Å². The van der Waals surface area contributed by atoms with Gasteiger partial charge in [-0.25, -0.2) is 17.2 Å². The van der Waals surface area contributed by atoms with Gasteiger partial charge >= 0.3 is 0 Å². The first-order chi connectivity index (χ1) is 9.87. The SMILES string of the molecule is COCCN(CCC(C)(C)C)S(=O)(=O)CCOCC(C)(F)F. The Balaban J connectivity index is 4.52. The van der Waals surface area contributed by atoms with Crippen molar-refractivity contribution in [3.63, 3.8) is 0 Å². The molecule has 8 heteroatoms. The van der Waals surface area contributed by atoms with E-state index < -0.39 is 22.6 Å². The molecule has 0 bridgehead atoms. The number of sulfonamides is 1. The zero-order valence-electron chi connectivity index (χ0n) is 14.2. The number of ether oxygens (including phenoxy) is 2. The third-order valence-electron chi connectivity index (χ3n) is 2.89. The van der Waals surface area contributed by atoms with E-state index in [2.05, 4.69) is 0 Å². The van der Waals surface area contributed by atoms with Crippen LogP contribution in [-0.2, 0) is 19.5 Å². The molecule has 0 saturated carbocycles. The van der Waals surface area contributed by atoms with E-state index in [4.69, 9.17) is 9.47 Å². The van der Waals surface area contributed by atoms with Crippen LogP contribution in [0.3, 0.4) is 0 Å². The molecule has 0 aliphatic heterocycles. The zero-order chi connectivity index (χ0) is 17.4. The van der Waals surface area contributed by atoms with Crippen LogP contribution in [0.1, 0.15) is 34.1 Å². The molecule has 0 amide bonds. The highest BCUT2D eigenvalue weighted by Crippen LogP contribution is 2.20. The molecule has 0 radical (unpaired) electrons. The van der Waals surface area contributed by atoms with Crippen molar-refractivity contribution < 1.29 is 26.7 Å². The van der Waals surface area contributed by atoms with Gasteiger partial charge in [0, 0.05) is 27.1 Å². The second-order valence-corrected chi connectivity index (χ2v) is 8.73. The Morgan fingerprint density at radius 3 is 2.09 bits per heavy atom. The second kappa shape index (κ2) is 9.10. The van der Waals surface area contributed by atoms with Gasteiger partial charge in [0.2, 0.25) is 10.0 Å².